The van der Waals surface area contributed by atoms with Crippen molar-refractivity contribution < 1.29 is 4.79 Å². The fourth-order valence-corrected chi connectivity index (χ4v) is 2.26. The SMILES string of the molecule is CCCCc1nn(CC(=O)NCc2n[nH]c(C)n2)c(=O)n1CC. The predicted octanol–water partition coefficient (Wildman–Crippen LogP) is 0.150. The first kappa shape index (κ1) is 16.9. The second kappa shape index (κ2) is 7.70. The number of aromatic nitrogens is 6. The predicted molar refractivity (Wildman–Crippen MR) is 83.7 cm³/mol. The molecule has 0 aliphatic carbocycles. The molecule has 0 radical (unpaired) electrons. The number of rotatable bonds is 8. The molecule has 1 amide bonds. The summed E-state index contributed by atoms with van der Waals surface area (Å²) in [5.74, 6) is 1.63. The quantitative estimate of drug-likeness (QED) is 0.719. The molecule has 0 aromatic carbocycles. The Morgan fingerprint density at radius 2 is 2.13 bits per heavy atom. The van der Waals surface area contributed by atoms with E-state index in [0.29, 0.717) is 18.2 Å². The minimum absolute atomic E-state index is 0.103. The van der Waals surface area contributed by atoms with Gasteiger partial charge in [-0.25, -0.2) is 14.5 Å². The number of nitrogens with zero attached hydrogens (tertiary/aromatic N) is 5. The highest BCUT2D eigenvalue weighted by atomic mass is 16.2. The van der Waals surface area contributed by atoms with Crippen molar-refractivity contribution in [2.45, 2.75) is 59.7 Å². The highest BCUT2D eigenvalue weighted by molar-refractivity contribution is 5.75. The van der Waals surface area contributed by atoms with E-state index in [1.54, 1.807) is 11.5 Å². The van der Waals surface area contributed by atoms with Gasteiger partial charge in [-0.3, -0.25) is 14.5 Å². The second-order valence-electron chi connectivity index (χ2n) is 5.32. The maximum absolute atomic E-state index is 12.3. The number of amides is 1. The van der Waals surface area contributed by atoms with E-state index < -0.39 is 0 Å². The van der Waals surface area contributed by atoms with Crippen LogP contribution in [0.25, 0.3) is 0 Å². The normalized spacial score (nSPS) is 10.9. The molecule has 9 heteroatoms. The third kappa shape index (κ3) is 4.27. The zero-order valence-corrected chi connectivity index (χ0v) is 13.8. The molecule has 0 aliphatic heterocycles. The molecule has 2 aromatic heterocycles. The monoisotopic (exact) mass is 321 g/mol. The van der Waals surface area contributed by atoms with E-state index in [4.69, 9.17) is 0 Å². The molecule has 126 valence electrons. The molecule has 0 aliphatic rings. The third-order valence-corrected chi connectivity index (χ3v) is 3.45. The Hall–Kier alpha value is -2.45. The van der Waals surface area contributed by atoms with Gasteiger partial charge in [0.05, 0.1) is 6.54 Å². The van der Waals surface area contributed by atoms with Crippen LogP contribution >= 0.6 is 0 Å². The van der Waals surface area contributed by atoms with E-state index in [1.165, 1.54) is 4.68 Å². The van der Waals surface area contributed by atoms with Crippen LogP contribution in [0.1, 0.15) is 44.2 Å². The Balaban J connectivity index is 1.99. The van der Waals surface area contributed by atoms with Crippen LogP contribution in [0.5, 0.6) is 0 Å². The van der Waals surface area contributed by atoms with Crippen molar-refractivity contribution >= 4 is 5.91 Å². The molecular formula is C14H23N7O2. The lowest BCUT2D eigenvalue weighted by molar-refractivity contribution is -0.122. The van der Waals surface area contributed by atoms with Gasteiger partial charge in [0.15, 0.2) is 5.82 Å². The molecule has 0 unspecified atom stereocenters. The van der Waals surface area contributed by atoms with Crippen molar-refractivity contribution in [1.29, 1.82) is 0 Å². The van der Waals surface area contributed by atoms with Gasteiger partial charge >= 0.3 is 5.69 Å². The smallest absolute Gasteiger partial charge is 0.346 e. The molecule has 2 aromatic rings. The first-order chi connectivity index (χ1) is 11.0. The first-order valence-corrected chi connectivity index (χ1v) is 7.86. The van der Waals surface area contributed by atoms with Crippen LogP contribution < -0.4 is 11.0 Å². The van der Waals surface area contributed by atoms with E-state index in [2.05, 4.69) is 32.5 Å². The average molecular weight is 321 g/mol. The highest BCUT2D eigenvalue weighted by Crippen LogP contribution is 2.00. The van der Waals surface area contributed by atoms with Gasteiger partial charge in [0.1, 0.15) is 18.2 Å². The molecule has 0 atom stereocenters. The second-order valence-corrected chi connectivity index (χ2v) is 5.32. The van der Waals surface area contributed by atoms with Crippen molar-refractivity contribution in [3.8, 4) is 0 Å². The Labute approximate surface area is 134 Å². The summed E-state index contributed by atoms with van der Waals surface area (Å²) in [5.41, 5.74) is -0.248. The largest absolute Gasteiger partial charge is 0.347 e. The van der Waals surface area contributed by atoms with Crippen molar-refractivity contribution in [2.24, 2.45) is 0 Å². The number of nitrogens with one attached hydrogen (secondary N) is 2. The summed E-state index contributed by atoms with van der Waals surface area (Å²) in [7, 11) is 0. The molecule has 9 nitrogen and oxygen atoms in total. The number of H-pyrrole nitrogens is 1. The lowest BCUT2D eigenvalue weighted by atomic mass is 10.2. The van der Waals surface area contributed by atoms with E-state index in [-0.39, 0.29) is 24.7 Å². The van der Waals surface area contributed by atoms with Crippen LogP contribution in [0.3, 0.4) is 0 Å². The molecule has 2 N–H and O–H groups in total. The Morgan fingerprint density at radius 3 is 2.74 bits per heavy atom. The number of aromatic amines is 1. The van der Waals surface area contributed by atoms with E-state index >= 15 is 0 Å². The Bertz CT molecular complexity index is 713. The summed E-state index contributed by atoms with van der Waals surface area (Å²) in [5, 5.41) is 13.6. The number of hydrogen-bond donors (Lipinski definition) is 2. The van der Waals surface area contributed by atoms with Crippen LogP contribution in [0.2, 0.25) is 0 Å². The lowest BCUT2D eigenvalue weighted by Crippen LogP contribution is -2.33. The summed E-state index contributed by atoms with van der Waals surface area (Å²) in [6.45, 7) is 6.44. The maximum atomic E-state index is 12.3. The summed E-state index contributed by atoms with van der Waals surface area (Å²) in [6.07, 6.45) is 2.73. The van der Waals surface area contributed by atoms with Crippen molar-refractivity contribution in [1.82, 2.24) is 34.8 Å². The van der Waals surface area contributed by atoms with E-state index in [1.807, 2.05) is 6.92 Å². The van der Waals surface area contributed by atoms with E-state index in [0.717, 1.165) is 25.1 Å². The highest BCUT2D eigenvalue weighted by Gasteiger charge is 2.14. The molecule has 2 heterocycles. The topological polar surface area (TPSA) is 110 Å². The lowest BCUT2D eigenvalue weighted by Gasteiger charge is -2.01. The first-order valence-electron chi connectivity index (χ1n) is 7.86. The van der Waals surface area contributed by atoms with Gasteiger partial charge in [0.2, 0.25) is 5.91 Å². The summed E-state index contributed by atoms with van der Waals surface area (Å²) in [4.78, 5) is 28.3. The molecule has 0 spiro atoms. The fourth-order valence-electron chi connectivity index (χ4n) is 2.26. The number of aryl methyl sites for hydroxylation is 2. The molecule has 23 heavy (non-hydrogen) atoms. The van der Waals surface area contributed by atoms with Crippen LogP contribution in [0.4, 0.5) is 0 Å². The summed E-state index contributed by atoms with van der Waals surface area (Å²) >= 11 is 0. The van der Waals surface area contributed by atoms with Gasteiger partial charge in [0.25, 0.3) is 0 Å². The molecule has 0 fully saturated rings. The molecular weight excluding hydrogens is 298 g/mol. The molecule has 0 saturated carbocycles. The molecule has 2 rings (SSSR count). The Kier molecular flexibility index (Phi) is 5.67. The van der Waals surface area contributed by atoms with Gasteiger partial charge < -0.3 is 5.32 Å². The van der Waals surface area contributed by atoms with Gasteiger partial charge in [-0.2, -0.15) is 10.2 Å². The number of carbonyl (C=O) groups is 1. The number of hydrogen-bond acceptors (Lipinski definition) is 5. The van der Waals surface area contributed by atoms with Gasteiger partial charge in [-0.15, -0.1) is 0 Å². The third-order valence-electron chi connectivity index (χ3n) is 3.45. The molecule has 0 saturated heterocycles. The van der Waals surface area contributed by atoms with Crippen LogP contribution in [-0.2, 0) is 30.8 Å². The van der Waals surface area contributed by atoms with Crippen LogP contribution in [0.15, 0.2) is 4.79 Å². The van der Waals surface area contributed by atoms with Crippen molar-refractivity contribution in [3.63, 3.8) is 0 Å². The minimum Gasteiger partial charge on any atom is -0.347 e. The molecule has 0 bridgehead atoms. The number of carbonyl (C=O) groups excluding carboxylic acids is 1. The average Bonchev–Trinajstić information content (AvgIpc) is 3.07. The van der Waals surface area contributed by atoms with Crippen molar-refractivity contribution in [2.75, 3.05) is 0 Å². The van der Waals surface area contributed by atoms with Gasteiger partial charge in [-0.1, -0.05) is 13.3 Å². The zero-order valence-electron chi connectivity index (χ0n) is 13.8. The zero-order chi connectivity index (χ0) is 16.8. The minimum atomic E-state index is -0.294. The summed E-state index contributed by atoms with van der Waals surface area (Å²) in [6, 6.07) is 0. The van der Waals surface area contributed by atoms with Crippen LogP contribution in [0, 0.1) is 6.92 Å². The van der Waals surface area contributed by atoms with E-state index in [9.17, 15) is 9.59 Å². The summed E-state index contributed by atoms with van der Waals surface area (Å²) < 4.78 is 2.83. The standard InChI is InChI=1S/C14H23N7O2/c1-4-6-7-12-19-21(14(23)20(12)5-2)9-13(22)15-8-11-16-10(3)17-18-11/h4-9H2,1-3H3,(H,15,22)(H,16,17,18). The number of unbranched alkanes of at least 4 members (excludes halogenated alkanes) is 1. The van der Waals surface area contributed by atoms with Crippen LogP contribution in [-0.4, -0.2) is 35.4 Å². The van der Waals surface area contributed by atoms with Crippen molar-refractivity contribution in [3.05, 3.63) is 28.0 Å². The maximum Gasteiger partial charge on any atom is 0.346 e. The van der Waals surface area contributed by atoms with Gasteiger partial charge in [-0.05, 0) is 20.3 Å². The fraction of sp³-hybridized carbons (Fsp3) is 0.643. The van der Waals surface area contributed by atoms with Gasteiger partial charge in [0, 0.05) is 13.0 Å². The Morgan fingerprint density at radius 1 is 1.35 bits per heavy atom.